The third-order valence-electron chi connectivity index (χ3n) is 2.07. The van der Waals surface area contributed by atoms with Crippen LogP contribution in [0.2, 0.25) is 0 Å². The molecule has 6 heteroatoms. The Kier molecular flexibility index (Phi) is 4.09. The predicted octanol–water partition coefficient (Wildman–Crippen LogP) is 3.17. The second-order valence-electron chi connectivity index (χ2n) is 3.61. The summed E-state index contributed by atoms with van der Waals surface area (Å²) >= 11 is 3.34. The molecule has 0 aromatic carbocycles. The third kappa shape index (κ3) is 3.40. The SMILES string of the molecule is CCNc1cc(Oc2cncc(Br)c2)nc(C)n1. The molecule has 2 aromatic heterocycles. The first-order chi connectivity index (χ1) is 8.67. The lowest BCUT2D eigenvalue weighted by Gasteiger charge is -2.08. The minimum Gasteiger partial charge on any atom is -0.437 e. The zero-order chi connectivity index (χ0) is 13.0. The predicted molar refractivity (Wildman–Crippen MR) is 72.9 cm³/mol. The molecule has 0 atom stereocenters. The van der Waals surface area contributed by atoms with Crippen LogP contribution >= 0.6 is 15.9 Å². The molecule has 0 fully saturated rings. The van der Waals surface area contributed by atoms with E-state index in [9.17, 15) is 0 Å². The maximum absolute atomic E-state index is 5.64. The lowest BCUT2D eigenvalue weighted by atomic mass is 10.4. The van der Waals surface area contributed by atoms with Crippen molar-refractivity contribution in [3.8, 4) is 11.6 Å². The van der Waals surface area contributed by atoms with Gasteiger partial charge < -0.3 is 10.1 Å². The van der Waals surface area contributed by atoms with Gasteiger partial charge in [-0.3, -0.25) is 4.98 Å². The fourth-order valence-corrected chi connectivity index (χ4v) is 1.78. The smallest absolute Gasteiger partial charge is 0.224 e. The fraction of sp³-hybridized carbons (Fsp3) is 0.250. The van der Waals surface area contributed by atoms with Crippen LogP contribution in [0.1, 0.15) is 12.7 Å². The van der Waals surface area contributed by atoms with E-state index in [0.717, 1.165) is 16.8 Å². The van der Waals surface area contributed by atoms with E-state index in [4.69, 9.17) is 4.74 Å². The summed E-state index contributed by atoms with van der Waals surface area (Å²) in [5.41, 5.74) is 0. The van der Waals surface area contributed by atoms with Crippen LogP contribution < -0.4 is 10.1 Å². The maximum Gasteiger partial charge on any atom is 0.224 e. The summed E-state index contributed by atoms with van der Waals surface area (Å²) in [7, 11) is 0. The van der Waals surface area contributed by atoms with E-state index in [2.05, 4.69) is 36.2 Å². The van der Waals surface area contributed by atoms with Crippen molar-refractivity contribution in [2.75, 3.05) is 11.9 Å². The monoisotopic (exact) mass is 308 g/mol. The highest BCUT2D eigenvalue weighted by Gasteiger charge is 2.04. The average molecular weight is 309 g/mol. The van der Waals surface area contributed by atoms with Crippen LogP contribution in [0, 0.1) is 6.92 Å². The van der Waals surface area contributed by atoms with Gasteiger partial charge in [0, 0.05) is 23.3 Å². The average Bonchev–Trinajstić information content (AvgIpc) is 2.28. The van der Waals surface area contributed by atoms with E-state index in [1.54, 1.807) is 18.5 Å². The number of nitrogens with zero attached hydrogens (tertiary/aromatic N) is 3. The van der Waals surface area contributed by atoms with Crippen LogP contribution in [0.5, 0.6) is 11.6 Å². The minimum absolute atomic E-state index is 0.498. The number of hydrogen-bond donors (Lipinski definition) is 1. The molecule has 0 radical (unpaired) electrons. The number of halogens is 1. The van der Waals surface area contributed by atoms with Crippen molar-refractivity contribution in [2.24, 2.45) is 0 Å². The summed E-state index contributed by atoms with van der Waals surface area (Å²) in [6, 6.07) is 3.59. The van der Waals surface area contributed by atoms with Crippen molar-refractivity contribution in [1.82, 2.24) is 15.0 Å². The molecule has 0 aliphatic carbocycles. The van der Waals surface area contributed by atoms with Crippen LogP contribution in [0.25, 0.3) is 0 Å². The Morgan fingerprint density at radius 3 is 2.83 bits per heavy atom. The van der Waals surface area contributed by atoms with E-state index in [1.807, 2.05) is 19.9 Å². The molecule has 1 N–H and O–H groups in total. The van der Waals surface area contributed by atoms with E-state index >= 15 is 0 Å². The molecule has 18 heavy (non-hydrogen) atoms. The molecule has 5 nitrogen and oxygen atoms in total. The molecule has 0 spiro atoms. The second-order valence-corrected chi connectivity index (χ2v) is 4.53. The Balaban J connectivity index is 2.23. The highest BCUT2D eigenvalue weighted by atomic mass is 79.9. The Bertz CT molecular complexity index is 547. The summed E-state index contributed by atoms with van der Waals surface area (Å²) in [4.78, 5) is 12.5. The normalized spacial score (nSPS) is 10.2. The van der Waals surface area contributed by atoms with Gasteiger partial charge in [-0.25, -0.2) is 4.98 Å². The second kappa shape index (κ2) is 5.77. The Labute approximate surface area is 114 Å². The van der Waals surface area contributed by atoms with Crippen LogP contribution in [0.15, 0.2) is 29.0 Å². The van der Waals surface area contributed by atoms with Gasteiger partial charge in [0.2, 0.25) is 5.88 Å². The fourth-order valence-electron chi connectivity index (χ4n) is 1.43. The van der Waals surface area contributed by atoms with Gasteiger partial charge in [-0.05, 0) is 35.8 Å². The van der Waals surface area contributed by atoms with Gasteiger partial charge in [0.1, 0.15) is 17.4 Å². The molecule has 0 aliphatic rings. The Morgan fingerprint density at radius 1 is 1.28 bits per heavy atom. The summed E-state index contributed by atoms with van der Waals surface area (Å²) in [6.07, 6.45) is 3.33. The van der Waals surface area contributed by atoms with Gasteiger partial charge in [0.05, 0.1) is 6.20 Å². The van der Waals surface area contributed by atoms with Crippen LogP contribution in [0.4, 0.5) is 5.82 Å². The molecule has 2 heterocycles. The summed E-state index contributed by atoms with van der Waals surface area (Å²) in [6.45, 7) is 4.64. The van der Waals surface area contributed by atoms with E-state index < -0.39 is 0 Å². The maximum atomic E-state index is 5.64. The highest BCUT2D eigenvalue weighted by molar-refractivity contribution is 9.10. The molecule has 0 unspecified atom stereocenters. The van der Waals surface area contributed by atoms with Crippen molar-refractivity contribution in [3.63, 3.8) is 0 Å². The molecule has 94 valence electrons. The highest BCUT2D eigenvalue weighted by Crippen LogP contribution is 2.23. The van der Waals surface area contributed by atoms with Gasteiger partial charge in [0.25, 0.3) is 0 Å². The molecular weight excluding hydrogens is 296 g/mol. The van der Waals surface area contributed by atoms with E-state index in [-0.39, 0.29) is 0 Å². The number of ether oxygens (including phenoxy) is 1. The lowest BCUT2D eigenvalue weighted by molar-refractivity contribution is 0.457. The molecule has 0 amide bonds. The first-order valence-corrected chi connectivity index (χ1v) is 6.34. The minimum atomic E-state index is 0.498. The van der Waals surface area contributed by atoms with Gasteiger partial charge in [-0.15, -0.1) is 0 Å². The van der Waals surface area contributed by atoms with Crippen LogP contribution in [0.3, 0.4) is 0 Å². The number of rotatable bonds is 4. The number of aromatic nitrogens is 3. The quantitative estimate of drug-likeness (QED) is 0.940. The molecule has 0 saturated heterocycles. The van der Waals surface area contributed by atoms with Crippen molar-refractivity contribution in [2.45, 2.75) is 13.8 Å². The lowest BCUT2D eigenvalue weighted by Crippen LogP contribution is -2.02. The number of hydrogen-bond acceptors (Lipinski definition) is 5. The van der Waals surface area contributed by atoms with Crippen molar-refractivity contribution < 1.29 is 4.74 Å². The molecular formula is C12H13BrN4O. The summed E-state index contributed by atoms with van der Waals surface area (Å²) in [5.74, 6) is 2.54. The van der Waals surface area contributed by atoms with Crippen LogP contribution in [-0.2, 0) is 0 Å². The largest absolute Gasteiger partial charge is 0.437 e. The summed E-state index contributed by atoms with van der Waals surface area (Å²) < 4.78 is 6.50. The zero-order valence-electron chi connectivity index (χ0n) is 10.1. The van der Waals surface area contributed by atoms with Gasteiger partial charge in [0.15, 0.2) is 0 Å². The molecule has 2 aromatic rings. The molecule has 2 rings (SSSR count). The topological polar surface area (TPSA) is 59.9 Å². The van der Waals surface area contributed by atoms with Crippen molar-refractivity contribution in [1.29, 1.82) is 0 Å². The Morgan fingerprint density at radius 2 is 2.11 bits per heavy atom. The van der Waals surface area contributed by atoms with Gasteiger partial charge in [-0.2, -0.15) is 4.98 Å². The number of nitrogens with one attached hydrogen (secondary N) is 1. The van der Waals surface area contributed by atoms with Gasteiger partial charge in [-0.1, -0.05) is 0 Å². The zero-order valence-corrected chi connectivity index (χ0v) is 11.7. The van der Waals surface area contributed by atoms with Crippen molar-refractivity contribution >= 4 is 21.7 Å². The standard InChI is InChI=1S/C12H13BrN4O/c1-3-15-11-5-12(17-8(2)16-11)18-10-4-9(13)6-14-7-10/h4-7H,3H2,1-2H3,(H,15,16,17). The molecule has 0 bridgehead atoms. The number of anilines is 1. The molecule has 0 saturated carbocycles. The van der Waals surface area contributed by atoms with Crippen molar-refractivity contribution in [3.05, 3.63) is 34.8 Å². The first-order valence-electron chi connectivity index (χ1n) is 5.55. The third-order valence-corrected chi connectivity index (χ3v) is 2.51. The Hall–Kier alpha value is -1.69. The van der Waals surface area contributed by atoms with Gasteiger partial charge >= 0.3 is 0 Å². The van der Waals surface area contributed by atoms with E-state index in [1.165, 1.54) is 0 Å². The van der Waals surface area contributed by atoms with Crippen LogP contribution in [-0.4, -0.2) is 21.5 Å². The summed E-state index contributed by atoms with van der Waals surface area (Å²) in [5, 5.41) is 3.13. The number of aryl methyl sites for hydroxylation is 1. The first kappa shape index (κ1) is 12.8. The van der Waals surface area contributed by atoms with E-state index in [0.29, 0.717) is 17.5 Å². The number of pyridine rings is 1. The molecule has 0 aliphatic heterocycles.